The van der Waals surface area contributed by atoms with Gasteiger partial charge in [-0.15, -0.1) is 11.3 Å². The molecule has 1 heterocycles. The maximum absolute atomic E-state index is 13.1. The molecule has 2 aromatic carbocycles. The summed E-state index contributed by atoms with van der Waals surface area (Å²) in [5, 5.41) is 11.3. The Bertz CT molecular complexity index is 807. The van der Waals surface area contributed by atoms with Crippen LogP contribution in [0.5, 0.6) is 0 Å². The molecular weight excluding hydrogens is 299 g/mol. The van der Waals surface area contributed by atoms with Gasteiger partial charge in [-0.25, -0.2) is 9.38 Å². The number of para-hydroxylation sites is 1. The minimum Gasteiger partial charge on any atom is -0.395 e. The summed E-state index contributed by atoms with van der Waals surface area (Å²) in [5.74, 6) is -0.262. The van der Waals surface area contributed by atoms with Crippen molar-refractivity contribution in [3.63, 3.8) is 0 Å². The molecule has 0 saturated carbocycles. The van der Waals surface area contributed by atoms with Crippen LogP contribution < -0.4 is 4.80 Å². The van der Waals surface area contributed by atoms with E-state index in [0.717, 1.165) is 21.7 Å². The molecule has 1 N–H and O–H groups in total. The van der Waals surface area contributed by atoms with Crippen LogP contribution in [0.2, 0.25) is 0 Å². The summed E-state index contributed by atoms with van der Waals surface area (Å²) in [6.07, 6.45) is 0. The first-order chi connectivity index (χ1) is 10.8. The fourth-order valence-electron chi connectivity index (χ4n) is 2.20. The molecule has 0 bridgehead atoms. The molecule has 22 heavy (non-hydrogen) atoms. The van der Waals surface area contributed by atoms with Crippen molar-refractivity contribution in [1.82, 2.24) is 4.57 Å². The minimum atomic E-state index is -0.262. The van der Waals surface area contributed by atoms with E-state index in [1.807, 2.05) is 40.3 Å². The van der Waals surface area contributed by atoms with Gasteiger partial charge in [-0.3, -0.25) is 0 Å². The number of hydrogen-bond donors (Lipinski definition) is 1. The van der Waals surface area contributed by atoms with E-state index in [-0.39, 0.29) is 12.4 Å². The Kier molecular flexibility index (Phi) is 4.46. The summed E-state index contributed by atoms with van der Waals surface area (Å²) in [4.78, 5) is 5.42. The average Bonchev–Trinajstić information content (AvgIpc) is 2.92. The Morgan fingerprint density at radius 1 is 1.05 bits per heavy atom. The number of benzene rings is 2. The normalized spacial score (nSPS) is 11.8. The Labute approximate surface area is 131 Å². The van der Waals surface area contributed by atoms with E-state index in [1.165, 1.54) is 23.5 Å². The Morgan fingerprint density at radius 2 is 1.77 bits per heavy atom. The third-order valence-corrected chi connectivity index (χ3v) is 4.11. The molecule has 0 aliphatic rings. The quantitative estimate of drug-likeness (QED) is 0.785. The zero-order valence-electron chi connectivity index (χ0n) is 11.8. The predicted molar refractivity (Wildman–Crippen MR) is 86.5 cm³/mol. The van der Waals surface area contributed by atoms with Crippen molar-refractivity contribution < 1.29 is 9.50 Å². The second kappa shape index (κ2) is 6.68. The highest BCUT2D eigenvalue weighted by Gasteiger charge is 2.08. The van der Waals surface area contributed by atoms with Crippen molar-refractivity contribution >= 4 is 17.0 Å². The summed E-state index contributed by atoms with van der Waals surface area (Å²) in [5.41, 5.74) is 2.69. The number of aromatic nitrogens is 1. The molecule has 112 valence electrons. The van der Waals surface area contributed by atoms with Crippen LogP contribution in [0.15, 0.2) is 65.0 Å². The lowest BCUT2D eigenvalue weighted by atomic mass is 10.2. The van der Waals surface area contributed by atoms with E-state index >= 15 is 0 Å². The number of hydrogen-bond acceptors (Lipinski definition) is 3. The van der Waals surface area contributed by atoms with Crippen molar-refractivity contribution in [2.24, 2.45) is 4.99 Å². The number of halogens is 1. The summed E-state index contributed by atoms with van der Waals surface area (Å²) >= 11 is 1.50. The van der Waals surface area contributed by atoms with E-state index < -0.39 is 0 Å². The monoisotopic (exact) mass is 314 g/mol. The molecule has 0 aliphatic heterocycles. The first-order valence-corrected chi connectivity index (χ1v) is 7.81. The first-order valence-electron chi connectivity index (χ1n) is 6.93. The lowest BCUT2D eigenvalue weighted by Gasteiger charge is -2.07. The first kappa shape index (κ1) is 14.7. The van der Waals surface area contributed by atoms with Gasteiger partial charge in [0.25, 0.3) is 0 Å². The minimum absolute atomic E-state index is 0.0207. The highest BCUT2D eigenvalue weighted by Crippen LogP contribution is 2.21. The van der Waals surface area contributed by atoms with Crippen molar-refractivity contribution in [3.8, 4) is 11.3 Å². The Morgan fingerprint density at radius 3 is 2.45 bits per heavy atom. The van der Waals surface area contributed by atoms with E-state index in [1.54, 1.807) is 12.1 Å². The number of rotatable bonds is 4. The number of aliphatic hydroxyl groups is 1. The van der Waals surface area contributed by atoms with Crippen LogP contribution in [0.1, 0.15) is 0 Å². The molecule has 3 aromatic rings. The van der Waals surface area contributed by atoms with E-state index in [4.69, 9.17) is 0 Å². The molecule has 1 aromatic heterocycles. The van der Waals surface area contributed by atoms with Crippen molar-refractivity contribution in [2.45, 2.75) is 6.54 Å². The van der Waals surface area contributed by atoms with Crippen LogP contribution in [0.25, 0.3) is 11.3 Å². The molecule has 0 saturated heterocycles. The highest BCUT2D eigenvalue weighted by atomic mass is 32.1. The standard InChI is InChI=1S/C17H15FN2OS/c18-14-8-6-13(7-9-14)16-12-22-17(20(16)10-11-21)19-15-4-2-1-3-5-15/h1-9,12,21H,10-11H2. The topological polar surface area (TPSA) is 37.5 Å². The molecule has 0 aliphatic carbocycles. The molecule has 0 spiro atoms. The molecule has 3 nitrogen and oxygen atoms in total. The van der Waals surface area contributed by atoms with E-state index in [2.05, 4.69) is 4.99 Å². The summed E-state index contributed by atoms with van der Waals surface area (Å²) in [6, 6.07) is 16.0. The van der Waals surface area contributed by atoms with Gasteiger partial charge in [-0.05, 0) is 42.0 Å². The number of aliphatic hydroxyl groups excluding tert-OH is 1. The summed E-state index contributed by atoms with van der Waals surface area (Å²) < 4.78 is 15.0. The number of thiazole rings is 1. The van der Waals surface area contributed by atoms with Crippen LogP contribution in [-0.4, -0.2) is 16.3 Å². The van der Waals surface area contributed by atoms with Gasteiger partial charge in [0.15, 0.2) is 4.80 Å². The lowest BCUT2D eigenvalue weighted by Crippen LogP contribution is -2.17. The van der Waals surface area contributed by atoms with Crippen LogP contribution in [0.3, 0.4) is 0 Å². The Balaban J connectivity index is 2.09. The van der Waals surface area contributed by atoms with Gasteiger partial charge < -0.3 is 9.67 Å². The van der Waals surface area contributed by atoms with Crippen molar-refractivity contribution in [1.29, 1.82) is 0 Å². The lowest BCUT2D eigenvalue weighted by molar-refractivity contribution is 0.275. The molecular formula is C17H15FN2OS. The highest BCUT2D eigenvalue weighted by molar-refractivity contribution is 7.07. The van der Waals surface area contributed by atoms with Gasteiger partial charge in [0, 0.05) is 11.9 Å². The zero-order chi connectivity index (χ0) is 15.4. The molecule has 5 heteroatoms. The smallest absolute Gasteiger partial charge is 0.190 e. The van der Waals surface area contributed by atoms with Crippen LogP contribution in [-0.2, 0) is 6.54 Å². The predicted octanol–water partition coefficient (Wildman–Crippen LogP) is 3.58. The van der Waals surface area contributed by atoms with Gasteiger partial charge in [0.1, 0.15) is 5.82 Å². The SMILES string of the molecule is OCCn1c(-c2ccc(F)cc2)csc1=Nc1ccccc1. The van der Waals surface area contributed by atoms with Gasteiger partial charge in [0.05, 0.1) is 18.0 Å². The molecule has 0 atom stereocenters. The second-order valence-corrected chi connectivity index (χ2v) is 5.57. The number of nitrogens with zero attached hydrogens (tertiary/aromatic N) is 2. The Hall–Kier alpha value is -2.24. The van der Waals surface area contributed by atoms with E-state index in [9.17, 15) is 9.50 Å². The third-order valence-electron chi connectivity index (χ3n) is 3.24. The van der Waals surface area contributed by atoms with Crippen molar-refractivity contribution in [3.05, 3.63) is 70.6 Å². The fourth-order valence-corrected chi connectivity index (χ4v) is 3.15. The zero-order valence-corrected chi connectivity index (χ0v) is 12.6. The molecule has 0 fully saturated rings. The van der Waals surface area contributed by atoms with Gasteiger partial charge in [0.2, 0.25) is 0 Å². The molecule has 3 rings (SSSR count). The fraction of sp³-hybridized carbons (Fsp3) is 0.118. The van der Waals surface area contributed by atoms with Crippen LogP contribution in [0, 0.1) is 5.82 Å². The van der Waals surface area contributed by atoms with Crippen LogP contribution >= 0.6 is 11.3 Å². The summed E-state index contributed by atoms with van der Waals surface area (Å²) in [6.45, 7) is 0.467. The third kappa shape index (κ3) is 3.16. The second-order valence-electron chi connectivity index (χ2n) is 4.73. The maximum Gasteiger partial charge on any atom is 0.190 e. The van der Waals surface area contributed by atoms with Crippen molar-refractivity contribution in [2.75, 3.05) is 6.61 Å². The van der Waals surface area contributed by atoms with E-state index in [0.29, 0.717) is 6.54 Å². The van der Waals surface area contributed by atoms with Gasteiger partial charge in [-0.1, -0.05) is 18.2 Å². The molecule has 0 radical (unpaired) electrons. The van der Waals surface area contributed by atoms with Gasteiger partial charge in [-0.2, -0.15) is 0 Å². The average molecular weight is 314 g/mol. The largest absolute Gasteiger partial charge is 0.395 e. The summed E-state index contributed by atoms with van der Waals surface area (Å²) in [7, 11) is 0. The van der Waals surface area contributed by atoms with Gasteiger partial charge >= 0.3 is 0 Å². The van der Waals surface area contributed by atoms with Crippen LogP contribution in [0.4, 0.5) is 10.1 Å². The molecule has 0 amide bonds. The molecule has 0 unspecified atom stereocenters. The maximum atomic E-state index is 13.1.